The van der Waals surface area contributed by atoms with Crippen molar-refractivity contribution in [3.8, 4) is 11.8 Å². The van der Waals surface area contributed by atoms with Crippen LogP contribution in [0.25, 0.3) is 0 Å². The number of nitrogens with one attached hydrogen (secondary N) is 1. The summed E-state index contributed by atoms with van der Waals surface area (Å²) in [4.78, 5) is 15.2. The summed E-state index contributed by atoms with van der Waals surface area (Å²) in [7, 11) is 0. The van der Waals surface area contributed by atoms with Gasteiger partial charge in [-0.15, -0.1) is 0 Å². The lowest BCUT2D eigenvalue weighted by Crippen LogP contribution is -2.32. The maximum atomic E-state index is 11.3. The first-order chi connectivity index (χ1) is 8.78. The molecule has 1 rings (SSSR count). The molecule has 6 heteroatoms. The lowest BCUT2D eigenvalue weighted by molar-refractivity contribution is 0.0535. The predicted molar refractivity (Wildman–Crippen MR) is 75.4 cm³/mol. The normalized spacial score (nSPS) is 10.4. The van der Waals surface area contributed by atoms with Gasteiger partial charge in [-0.1, -0.05) is 35.0 Å². The van der Waals surface area contributed by atoms with Gasteiger partial charge in [0.05, 0.1) is 12.1 Å². The Hall–Kier alpha value is -1.44. The molecule has 1 aromatic rings. The van der Waals surface area contributed by atoms with E-state index in [1.54, 1.807) is 32.9 Å². The van der Waals surface area contributed by atoms with Crippen LogP contribution in [0, 0.1) is 11.8 Å². The van der Waals surface area contributed by atoms with E-state index < -0.39 is 11.7 Å². The number of ether oxygens (including phenoxy) is 1. The Labute approximate surface area is 122 Å². The van der Waals surface area contributed by atoms with Crippen molar-refractivity contribution in [2.75, 3.05) is 6.54 Å². The molecule has 0 aromatic carbocycles. The van der Waals surface area contributed by atoms with Crippen molar-refractivity contribution in [1.29, 1.82) is 0 Å². The van der Waals surface area contributed by atoms with Crippen LogP contribution in [0.1, 0.15) is 26.3 Å². The fourth-order valence-corrected chi connectivity index (χ4v) is 1.47. The molecule has 0 unspecified atom stereocenters. The topological polar surface area (TPSA) is 51.2 Å². The maximum Gasteiger partial charge on any atom is 0.408 e. The molecule has 1 aromatic heterocycles. The minimum atomic E-state index is -0.527. The van der Waals surface area contributed by atoms with Crippen molar-refractivity contribution >= 4 is 29.3 Å². The molecule has 102 valence electrons. The van der Waals surface area contributed by atoms with Crippen molar-refractivity contribution in [3.63, 3.8) is 0 Å². The van der Waals surface area contributed by atoms with Crippen LogP contribution in [0.4, 0.5) is 4.79 Å². The number of carbonyl (C=O) groups excluding carboxylic acids is 1. The average molecular weight is 301 g/mol. The fraction of sp³-hybridized carbons (Fsp3) is 0.385. The standard InChI is InChI=1S/C13H14Cl2N2O2/c1-13(2,3)19-12(18)16-8-4-5-9-6-7-10(14)17-11(9)15/h6-7H,8H2,1-3H3,(H,16,18). The number of nitrogens with zero attached hydrogens (tertiary/aromatic N) is 1. The summed E-state index contributed by atoms with van der Waals surface area (Å²) in [5, 5.41) is 3.06. The van der Waals surface area contributed by atoms with E-state index in [9.17, 15) is 4.79 Å². The highest BCUT2D eigenvalue weighted by Crippen LogP contribution is 2.15. The van der Waals surface area contributed by atoms with Gasteiger partial charge in [-0.2, -0.15) is 0 Å². The highest BCUT2D eigenvalue weighted by molar-refractivity contribution is 6.33. The van der Waals surface area contributed by atoms with E-state index in [-0.39, 0.29) is 11.7 Å². The van der Waals surface area contributed by atoms with E-state index in [2.05, 4.69) is 22.1 Å². The van der Waals surface area contributed by atoms with Crippen molar-refractivity contribution in [3.05, 3.63) is 28.0 Å². The molecule has 0 atom stereocenters. The fourth-order valence-electron chi connectivity index (χ4n) is 1.08. The number of carbonyl (C=O) groups is 1. The van der Waals surface area contributed by atoms with E-state index in [1.165, 1.54) is 0 Å². The van der Waals surface area contributed by atoms with E-state index in [0.29, 0.717) is 10.7 Å². The molecule has 1 heterocycles. The summed E-state index contributed by atoms with van der Waals surface area (Å²) in [5.41, 5.74) is 0.0260. The van der Waals surface area contributed by atoms with Gasteiger partial charge in [-0.05, 0) is 32.9 Å². The zero-order valence-corrected chi connectivity index (χ0v) is 12.4. The van der Waals surface area contributed by atoms with Gasteiger partial charge in [0.1, 0.15) is 15.9 Å². The summed E-state index contributed by atoms with van der Waals surface area (Å²) < 4.78 is 5.06. The third-order valence-electron chi connectivity index (χ3n) is 1.76. The number of rotatable bonds is 1. The van der Waals surface area contributed by atoms with E-state index in [4.69, 9.17) is 27.9 Å². The third kappa shape index (κ3) is 6.32. The highest BCUT2D eigenvalue weighted by atomic mass is 35.5. The van der Waals surface area contributed by atoms with Crippen LogP contribution in [-0.2, 0) is 4.74 Å². The molecular formula is C13H14Cl2N2O2. The predicted octanol–water partition coefficient (Wildman–Crippen LogP) is 3.26. The Balaban J connectivity index is 2.50. The number of hydrogen-bond donors (Lipinski definition) is 1. The zero-order chi connectivity index (χ0) is 14.5. The quantitative estimate of drug-likeness (QED) is 0.640. The molecule has 0 saturated heterocycles. The molecule has 1 N–H and O–H groups in total. The first-order valence-corrected chi connectivity index (χ1v) is 6.31. The van der Waals surface area contributed by atoms with Crippen molar-refractivity contribution in [2.24, 2.45) is 0 Å². The number of aromatic nitrogens is 1. The van der Waals surface area contributed by atoms with Crippen LogP contribution in [0.5, 0.6) is 0 Å². The van der Waals surface area contributed by atoms with Crippen molar-refractivity contribution < 1.29 is 9.53 Å². The van der Waals surface area contributed by atoms with Crippen molar-refractivity contribution in [2.45, 2.75) is 26.4 Å². The molecule has 0 aliphatic carbocycles. The Kier molecular flexibility index (Phi) is 5.46. The Morgan fingerprint density at radius 3 is 2.68 bits per heavy atom. The van der Waals surface area contributed by atoms with Crippen LogP contribution in [0.2, 0.25) is 10.3 Å². The van der Waals surface area contributed by atoms with Gasteiger partial charge in [0, 0.05) is 0 Å². The third-order valence-corrected chi connectivity index (χ3v) is 2.26. The van der Waals surface area contributed by atoms with Gasteiger partial charge in [-0.25, -0.2) is 9.78 Å². The molecular weight excluding hydrogens is 287 g/mol. The van der Waals surface area contributed by atoms with Gasteiger partial charge in [-0.3, -0.25) is 0 Å². The van der Waals surface area contributed by atoms with Gasteiger partial charge in [0.2, 0.25) is 0 Å². The number of amides is 1. The second kappa shape index (κ2) is 6.65. The van der Waals surface area contributed by atoms with Gasteiger partial charge < -0.3 is 10.1 Å². The molecule has 19 heavy (non-hydrogen) atoms. The largest absolute Gasteiger partial charge is 0.444 e. The molecule has 0 aliphatic rings. The van der Waals surface area contributed by atoms with Crippen LogP contribution in [0.15, 0.2) is 12.1 Å². The summed E-state index contributed by atoms with van der Waals surface area (Å²) in [5.74, 6) is 5.53. The first-order valence-electron chi connectivity index (χ1n) is 5.56. The number of pyridine rings is 1. The molecule has 0 radical (unpaired) electrons. The summed E-state index contributed by atoms with van der Waals surface area (Å²) in [6.07, 6.45) is -0.512. The van der Waals surface area contributed by atoms with Crippen LogP contribution >= 0.6 is 23.2 Å². The zero-order valence-electron chi connectivity index (χ0n) is 10.9. The van der Waals surface area contributed by atoms with E-state index >= 15 is 0 Å². The minimum Gasteiger partial charge on any atom is -0.444 e. The molecule has 1 amide bonds. The molecule has 0 saturated carbocycles. The highest BCUT2D eigenvalue weighted by Gasteiger charge is 2.14. The number of alkyl carbamates (subject to hydrolysis) is 1. The Bertz CT molecular complexity index is 528. The Morgan fingerprint density at radius 1 is 1.42 bits per heavy atom. The monoisotopic (exact) mass is 300 g/mol. The molecule has 0 spiro atoms. The molecule has 0 fully saturated rings. The van der Waals surface area contributed by atoms with Gasteiger partial charge >= 0.3 is 6.09 Å². The minimum absolute atomic E-state index is 0.161. The molecule has 0 aliphatic heterocycles. The summed E-state index contributed by atoms with van der Waals surface area (Å²) >= 11 is 11.5. The van der Waals surface area contributed by atoms with Gasteiger partial charge in [0.25, 0.3) is 0 Å². The summed E-state index contributed by atoms with van der Waals surface area (Å²) in [6, 6.07) is 3.26. The van der Waals surface area contributed by atoms with Crippen LogP contribution in [-0.4, -0.2) is 23.2 Å². The second-order valence-corrected chi connectivity index (χ2v) is 5.37. The SMILES string of the molecule is CC(C)(C)OC(=O)NCC#Cc1ccc(Cl)nc1Cl. The second-order valence-electron chi connectivity index (χ2n) is 4.63. The van der Waals surface area contributed by atoms with Gasteiger partial charge in [0.15, 0.2) is 0 Å². The van der Waals surface area contributed by atoms with Crippen LogP contribution in [0.3, 0.4) is 0 Å². The molecule has 4 nitrogen and oxygen atoms in total. The summed E-state index contributed by atoms with van der Waals surface area (Å²) in [6.45, 7) is 5.53. The number of hydrogen-bond acceptors (Lipinski definition) is 3. The van der Waals surface area contributed by atoms with E-state index in [1.807, 2.05) is 0 Å². The first kappa shape index (κ1) is 15.6. The lowest BCUT2D eigenvalue weighted by atomic mass is 10.2. The molecule has 0 bridgehead atoms. The van der Waals surface area contributed by atoms with Crippen LogP contribution < -0.4 is 5.32 Å². The number of halogens is 2. The Morgan fingerprint density at radius 2 is 2.11 bits per heavy atom. The van der Waals surface area contributed by atoms with Crippen molar-refractivity contribution in [1.82, 2.24) is 10.3 Å². The van der Waals surface area contributed by atoms with E-state index in [0.717, 1.165) is 0 Å². The maximum absolute atomic E-state index is 11.3. The smallest absolute Gasteiger partial charge is 0.408 e. The average Bonchev–Trinajstić information content (AvgIpc) is 2.24. The lowest BCUT2D eigenvalue weighted by Gasteiger charge is -2.18.